The summed E-state index contributed by atoms with van der Waals surface area (Å²) in [5, 5.41) is 26.5. The van der Waals surface area contributed by atoms with Crippen molar-refractivity contribution in [1.29, 1.82) is 0 Å². The fourth-order valence-corrected chi connectivity index (χ4v) is 2.10. The van der Waals surface area contributed by atoms with Crippen molar-refractivity contribution < 1.29 is 10.2 Å². The zero-order valence-electron chi connectivity index (χ0n) is 12.1. The topological polar surface area (TPSA) is 126 Å². The second-order valence-corrected chi connectivity index (χ2v) is 4.68. The molecule has 2 aromatic heterocycles. The van der Waals surface area contributed by atoms with E-state index in [2.05, 4.69) is 27.2 Å². The average molecular weight is 295 g/mol. The standard InChI is InChI=1S/C12H21N7O2/c1-2-3-4-19-11-9(16-17-19)10(14-12(13)15-11)18(5-7-20)6-8-21/h20-21H,2-8H2,1H3,(H2,13,14,15). The summed E-state index contributed by atoms with van der Waals surface area (Å²) in [6.45, 7) is 3.34. The summed E-state index contributed by atoms with van der Waals surface area (Å²) >= 11 is 0. The van der Waals surface area contributed by atoms with Gasteiger partial charge in [0.2, 0.25) is 5.95 Å². The number of anilines is 2. The lowest BCUT2D eigenvalue weighted by Gasteiger charge is -2.21. The summed E-state index contributed by atoms with van der Waals surface area (Å²) in [6, 6.07) is 0. The Morgan fingerprint density at radius 3 is 2.52 bits per heavy atom. The normalized spacial score (nSPS) is 11.2. The van der Waals surface area contributed by atoms with Crippen LogP contribution in [0, 0.1) is 0 Å². The van der Waals surface area contributed by atoms with Gasteiger partial charge in [0, 0.05) is 19.6 Å². The maximum Gasteiger partial charge on any atom is 0.224 e. The van der Waals surface area contributed by atoms with Crippen LogP contribution >= 0.6 is 0 Å². The first-order chi connectivity index (χ1) is 10.2. The average Bonchev–Trinajstić information content (AvgIpc) is 2.87. The van der Waals surface area contributed by atoms with Gasteiger partial charge in [0.25, 0.3) is 0 Å². The highest BCUT2D eigenvalue weighted by Crippen LogP contribution is 2.22. The number of aliphatic hydroxyl groups is 2. The molecule has 2 rings (SSSR count). The van der Waals surface area contributed by atoms with Gasteiger partial charge < -0.3 is 20.8 Å². The fraction of sp³-hybridized carbons (Fsp3) is 0.667. The summed E-state index contributed by atoms with van der Waals surface area (Å²) in [5.41, 5.74) is 6.87. The number of unbranched alkanes of at least 4 members (excludes halogenated alkanes) is 1. The van der Waals surface area contributed by atoms with E-state index in [1.165, 1.54) is 0 Å². The molecule has 0 radical (unpaired) electrons. The molecule has 116 valence electrons. The van der Waals surface area contributed by atoms with Gasteiger partial charge in [-0.1, -0.05) is 18.6 Å². The number of nitrogens with zero attached hydrogens (tertiary/aromatic N) is 6. The van der Waals surface area contributed by atoms with Gasteiger partial charge >= 0.3 is 0 Å². The molecule has 9 heteroatoms. The van der Waals surface area contributed by atoms with Crippen LogP contribution in [0.5, 0.6) is 0 Å². The Hall–Kier alpha value is -2.00. The van der Waals surface area contributed by atoms with Crippen LogP contribution in [0.2, 0.25) is 0 Å². The summed E-state index contributed by atoms with van der Waals surface area (Å²) < 4.78 is 1.70. The quantitative estimate of drug-likeness (QED) is 0.589. The highest BCUT2D eigenvalue weighted by atomic mass is 16.3. The molecule has 2 heterocycles. The number of rotatable bonds is 8. The first-order valence-electron chi connectivity index (χ1n) is 7.04. The van der Waals surface area contributed by atoms with Crippen LogP contribution in [0.1, 0.15) is 19.8 Å². The van der Waals surface area contributed by atoms with Gasteiger partial charge in [-0.25, -0.2) is 4.68 Å². The van der Waals surface area contributed by atoms with E-state index in [9.17, 15) is 0 Å². The molecule has 0 aliphatic heterocycles. The highest BCUT2D eigenvalue weighted by Gasteiger charge is 2.18. The molecule has 0 saturated heterocycles. The molecule has 0 bridgehead atoms. The lowest BCUT2D eigenvalue weighted by Crippen LogP contribution is -2.31. The molecule has 0 fully saturated rings. The van der Waals surface area contributed by atoms with Gasteiger partial charge in [-0.2, -0.15) is 9.97 Å². The highest BCUT2D eigenvalue weighted by molar-refractivity contribution is 5.84. The van der Waals surface area contributed by atoms with Crippen molar-refractivity contribution in [3.8, 4) is 0 Å². The molecule has 0 unspecified atom stereocenters. The van der Waals surface area contributed by atoms with E-state index in [-0.39, 0.29) is 19.2 Å². The first kappa shape index (κ1) is 15.4. The third kappa shape index (κ3) is 3.37. The minimum Gasteiger partial charge on any atom is -0.395 e. The lowest BCUT2D eigenvalue weighted by molar-refractivity contribution is 0.281. The Morgan fingerprint density at radius 2 is 1.90 bits per heavy atom. The van der Waals surface area contributed by atoms with E-state index in [0.717, 1.165) is 12.8 Å². The van der Waals surface area contributed by atoms with Crippen LogP contribution in [0.3, 0.4) is 0 Å². The molecule has 0 aliphatic rings. The molecular formula is C12H21N7O2. The first-order valence-corrected chi connectivity index (χ1v) is 7.04. The minimum atomic E-state index is -0.0601. The van der Waals surface area contributed by atoms with Crippen molar-refractivity contribution >= 4 is 22.9 Å². The summed E-state index contributed by atoms with van der Waals surface area (Å²) in [4.78, 5) is 10.1. The predicted molar refractivity (Wildman–Crippen MR) is 78.8 cm³/mol. The molecule has 0 aromatic carbocycles. The number of hydrogen-bond donors (Lipinski definition) is 3. The number of aryl methyl sites for hydroxylation is 1. The SMILES string of the molecule is CCCCn1nnc2c(N(CCO)CCO)nc(N)nc21. The number of aromatic nitrogens is 5. The van der Waals surface area contributed by atoms with Gasteiger partial charge in [-0.15, -0.1) is 5.10 Å². The Morgan fingerprint density at radius 1 is 1.19 bits per heavy atom. The van der Waals surface area contributed by atoms with Crippen molar-refractivity contribution in [2.24, 2.45) is 0 Å². The lowest BCUT2D eigenvalue weighted by atomic mass is 10.3. The van der Waals surface area contributed by atoms with Crippen molar-refractivity contribution in [1.82, 2.24) is 25.0 Å². The number of hydrogen-bond acceptors (Lipinski definition) is 8. The Bertz CT molecular complexity index is 580. The van der Waals surface area contributed by atoms with Crippen molar-refractivity contribution in [3.05, 3.63) is 0 Å². The van der Waals surface area contributed by atoms with E-state index in [4.69, 9.17) is 15.9 Å². The minimum absolute atomic E-state index is 0.0601. The third-order valence-electron chi connectivity index (χ3n) is 3.12. The van der Waals surface area contributed by atoms with Gasteiger partial charge in [-0.3, -0.25) is 0 Å². The molecule has 0 amide bonds. The molecule has 0 spiro atoms. The van der Waals surface area contributed by atoms with Gasteiger partial charge in [0.15, 0.2) is 17.0 Å². The molecule has 21 heavy (non-hydrogen) atoms. The van der Waals surface area contributed by atoms with Gasteiger partial charge in [-0.05, 0) is 6.42 Å². The Labute approximate surface area is 122 Å². The second kappa shape index (κ2) is 7.14. The fourth-order valence-electron chi connectivity index (χ4n) is 2.10. The van der Waals surface area contributed by atoms with Crippen LogP contribution in [0.15, 0.2) is 0 Å². The summed E-state index contributed by atoms with van der Waals surface area (Å²) in [5.74, 6) is 0.613. The van der Waals surface area contributed by atoms with Crippen LogP contribution in [-0.4, -0.2) is 61.5 Å². The zero-order valence-corrected chi connectivity index (χ0v) is 12.1. The summed E-state index contributed by atoms with van der Waals surface area (Å²) in [6.07, 6.45) is 2.00. The van der Waals surface area contributed by atoms with Crippen LogP contribution in [-0.2, 0) is 6.54 Å². The van der Waals surface area contributed by atoms with Crippen molar-refractivity contribution in [2.45, 2.75) is 26.3 Å². The number of aliphatic hydroxyl groups excluding tert-OH is 2. The molecule has 2 aromatic rings. The summed E-state index contributed by atoms with van der Waals surface area (Å²) in [7, 11) is 0. The van der Waals surface area contributed by atoms with Crippen molar-refractivity contribution in [3.63, 3.8) is 0 Å². The predicted octanol–water partition coefficient (Wildman–Crippen LogP) is -0.605. The van der Waals surface area contributed by atoms with Gasteiger partial charge in [0.1, 0.15) is 0 Å². The zero-order chi connectivity index (χ0) is 15.2. The third-order valence-corrected chi connectivity index (χ3v) is 3.12. The molecule has 9 nitrogen and oxygen atoms in total. The van der Waals surface area contributed by atoms with E-state index >= 15 is 0 Å². The largest absolute Gasteiger partial charge is 0.395 e. The number of nitrogens with two attached hydrogens (primary N) is 1. The molecule has 0 aliphatic carbocycles. The molecule has 0 saturated carbocycles. The molecule has 0 atom stereocenters. The number of fused-ring (bicyclic) bond motifs is 1. The van der Waals surface area contributed by atoms with Gasteiger partial charge in [0.05, 0.1) is 13.2 Å². The monoisotopic (exact) mass is 295 g/mol. The van der Waals surface area contributed by atoms with E-state index in [1.807, 2.05) is 0 Å². The second-order valence-electron chi connectivity index (χ2n) is 4.68. The van der Waals surface area contributed by atoms with Crippen LogP contribution in [0.4, 0.5) is 11.8 Å². The Balaban J connectivity index is 2.45. The van der Waals surface area contributed by atoms with E-state index in [1.54, 1.807) is 9.58 Å². The van der Waals surface area contributed by atoms with Crippen molar-refractivity contribution in [2.75, 3.05) is 36.9 Å². The van der Waals surface area contributed by atoms with Crippen LogP contribution in [0.25, 0.3) is 11.2 Å². The maximum atomic E-state index is 9.15. The Kier molecular flexibility index (Phi) is 5.23. The van der Waals surface area contributed by atoms with Crippen LogP contribution < -0.4 is 10.6 Å². The van der Waals surface area contributed by atoms with E-state index in [0.29, 0.717) is 36.6 Å². The van der Waals surface area contributed by atoms with E-state index < -0.39 is 0 Å². The molecule has 4 N–H and O–H groups in total. The molecular weight excluding hydrogens is 274 g/mol. The smallest absolute Gasteiger partial charge is 0.224 e. The maximum absolute atomic E-state index is 9.15. The number of nitrogen functional groups attached to an aromatic ring is 1.